The van der Waals surface area contributed by atoms with Crippen LogP contribution in [0.15, 0.2) is 12.3 Å². The zero-order valence-corrected chi connectivity index (χ0v) is 7.23. The Morgan fingerprint density at radius 2 is 2.54 bits per heavy atom. The standard InChI is InChI=1S/C8H10N4O/c1-6(13)5-11-8-10-3-2-7(4-9)12-8/h2-3,6,13H,5H2,1H3,(H,10,11,12). The van der Waals surface area contributed by atoms with Crippen molar-refractivity contribution in [2.75, 3.05) is 11.9 Å². The minimum atomic E-state index is -0.464. The van der Waals surface area contributed by atoms with Gasteiger partial charge in [0.2, 0.25) is 5.95 Å². The van der Waals surface area contributed by atoms with Crippen molar-refractivity contribution in [1.82, 2.24) is 9.97 Å². The highest BCUT2D eigenvalue weighted by Crippen LogP contribution is 1.98. The van der Waals surface area contributed by atoms with E-state index in [4.69, 9.17) is 10.4 Å². The van der Waals surface area contributed by atoms with Gasteiger partial charge in [0.05, 0.1) is 6.10 Å². The molecule has 0 radical (unpaired) electrons. The highest BCUT2D eigenvalue weighted by Gasteiger charge is 1.99. The molecular weight excluding hydrogens is 168 g/mol. The van der Waals surface area contributed by atoms with Crippen LogP contribution in [0.4, 0.5) is 5.95 Å². The molecule has 1 aromatic rings. The van der Waals surface area contributed by atoms with Crippen molar-refractivity contribution in [3.63, 3.8) is 0 Å². The van der Waals surface area contributed by atoms with E-state index in [2.05, 4.69) is 15.3 Å². The number of nitriles is 1. The minimum absolute atomic E-state index is 0.308. The van der Waals surface area contributed by atoms with Crippen molar-refractivity contribution >= 4 is 5.95 Å². The second-order valence-electron chi connectivity index (χ2n) is 2.61. The van der Waals surface area contributed by atoms with Crippen molar-refractivity contribution in [2.24, 2.45) is 0 Å². The summed E-state index contributed by atoms with van der Waals surface area (Å²) in [7, 11) is 0. The van der Waals surface area contributed by atoms with Gasteiger partial charge in [-0.3, -0.25) is 0 Å². The van der Waals surface area contributed by atoms with Crippen molar-refractivity contribution in [3.05, 3.63) is 18.0 Å². The predicted octanol–water partition coefficient (Wildman–Crippen LogP) is 0.141. The molecule has 1 unspecified atom stereocenters. The molecule has 68 valence electrons. The van der Waals surface area contributed by atoms with Crippen molar-refractivity contribution in [2.45, 2.75) is 13.0 Å². The van der Waals surface area contributed by atoms with Crippen LogP contribution in [0.3, 0.4) is 0 Å². The lowest BCUT2D eigenvalue weighted by Gasteiger charge is -2.05. The molecule has 5 nitrogen and oxygen atoms in total. The third-order valence-electron chi connectivity index (χ3n) is 1.33. The normalized spacial score (nSPS) is 11.8. The fourth-order valence-corrected chi connectivity index (χ4v) is 0.745. The van der Waals surface area contributed by atoms with Crippen LogP contribution in [0.2, 0.25) is 0 Å². The second kappa shape index (κ2) is 4.38. The first-order chi connectivity index (χ1) is 6.22. The molecule has 0 aliphatic rings. The summed E-state index contributed by atoms with van der Waals surface area (Å²) in [6.45, 7) is 2.02. The van der Waals surface area contributed by atoms with Gasteiger partial charge in [-0.15, -0.1) is 0 Å². The van der Waals surface area contributed by atoms with E-state index in [0.29, 0.717) is 18.2 Å². The number of aliphatic hydroxyl groups excluding tert-OH is 1. The number of anilines is 1. The summed E-state index contributed by atoms with van der Waals surface area (Å²) in [6.07, 6.45) is 1.03. The molecule has 1 atom stereocenters. The van der Waals surface area contributed by atoms with Crippen LogP contribution in [0, 0.1) is 11.3 Å². The van der Waals surface area contributed by atoms with Crippen molar-refractivity contribution in [3.8, 4) is 6.07 Å². The van der Waals surface area contributed by atoms with Gasteiger partial charge in [-0.05, 0) is 13.0 Å². The second-order valence-corrected chi connectivity index (χ2v) is 2.61. The molecule has 0 saturated heterocycles. The zero-order valence-electron chi connectivity index (χ0n) is 7.23. The quantitative estimate of drug-likeness (QED) is 0.688. The van der Waals surface area contributed by atoms with E-state index in [1.807, 2.05) is 6.07 Å². The number of nitrogens with zero attached hydrogens (tertiary/aromatic N) is 3. The summed E-state index contributed by atoms with van der Waals surface area (Å²) >= 11 is 0. The number of hydrogen-bond acceptors (Lipinski definition) is 5. The first kappa shape index (κ1) is 9.42. The summed E-state index contributed by atoms with van der Waals surface area (Å²) in [5, 5.41) is 20.3. The Kier molecular flexibility index (Phi) is 3.17. The fraction of sp³-hybridized carbons (Fsp3) is 0.375. The summed E-state index contributed by atoms with van der Waals surface area (Å²) in [5.74, 6) is 0.361. The molecule has 0 aromatic carbocycles. The Hall–Kier alpha value is -1.67. The van der Waals surface area contributed by atoms with E-state index in [-0.39, 0.29) is 0 Å². The summed E-state index contributed by atoms with van der Waals surface area (Å²) in [6, 6.07) is 3.42. The fourth-order valence-electron chi connectivity index (χ4n) is 0.745. The van der Waals surface area contributed by atoms with E-state index in [1.54, 1.807) is 6.92 Å². The molecule has 0 spiro atoms. The molecule has 1 rings (SSSR count). The highest BCUT2D eigenvalue weighted by atomic mass is 16.3. The van der Waals surface area contributed by atoms with Crippen molar-refractivity contribution < 1.29 is 5.11 Å². The van der Waals surface area contributed by atoms with Gasteiger partial charge in [-0.2, -0.15) is 5.26 Å². The Balaban J connectivity index is 2.63. The smallest absolute Gasteiger partial charge is 0.223 e. The maximum absolute atomic E-state index is 8.96. The first-order valence-corrected chi connectivity index (χ1v) is 3.87. The number of hydrogen-bond donors (Lipinski definition) is 2. The maximum atomic E-state index is 8.96. The number of aliphatic hydroxyl groups is 1. The molecular formula is C8H10N4O. The van der Waals surface area contributed by atoms with Crippen LogP contribution in [0.5, 0.6) is 0 Å². The van der Waals surface area contributed by atoms with Gasteiger partial charge < -0.3 is 10.4 Å². The molecule has 2 N–H and O–H groups in total. The average Bonchev–Trinajstić information content (AvgIpc) is 2.15. The van der Waals surface area contributed by atoms with E-state index in [0.717, 1.165) is 0 Å². The van der Waals surface area contributed by atoms with E-state index in [9.17, 15) is 0 Å². The molecule has 0 aliphatic carbocycles. The third kappa shape index (κ3) is 3.05. The predicted molar refractivity (Wildman–Crippen MR) is 46.9 cm³/mol. The number of aromatic nitrogens is 2. The highest BCUT2D eigenvalue weighted by molar-refractivity contribution is 5.29. The van der Waals surface area contributed by atoms with Crippen LogP contribution in [-0.4, -0.2) is 27.7 Å². The molecule has 0 aliphatic heterocycles. The Labute approximate surface area is 76.1 Å². The van der Waals surface area contributed by atoms with Gasteiger partial charge in [0.25, 0.3) is 0 Å². The lowest BCUT2D eigenvalue weighted by Crippen LogP contribution is -2.16. The van der Waals surface area contributed by atoms with Crippen LogP contribution < -0.4 is 5.32 Å². The number of nitrogens with one attached hydrogen (secondary N) is 1. The molecule has 1 aromatic heterocycles. The molecule has 0 saturated carbocycles. The molecule has 5 heteroatoms. The zero-order chi connectivity index (χ0) is 9.68. The van der Waals surface area contributed by atoms with Crippen LogP contribution in [-0.2, 0) is 0 Å². The molecule has 1 heterocycles. The maximum Gasteiger partial charge on any atom is 0.223 e. The summed E-state index contributed by atoms with van der Waals surface area (Å²) in [4.78, 5) is 7.74. The average molecular weight is 178 g/mol. The SMILES string of the molecule is CC(O)CNc1nccc(C#N)n1. The van der Waals surface area contributed by atoms with Crippen LogP contribution in [0.1, 0.15) is 12.6 Å². The number of rotatable bonds is 3. The molecule has 0 amide bonds. The molecule has 0 fully saturated rings. The van der Waals surface area contributed by atoms with Gasteiger partial charge in [-0.25, -0.2) is 9.97 Å². The lowest BCUT2D eigenvalue weighted by molar-refractivity contribution is 0.208. The Morgan fingerprint density at radius 3 is 3.15 bits per heavy atom. The van der Waals surface area contributed by atoms with Crippen LogP contribution in [0.25, 0.3) is 0 Å². The lowest BCUT2D eigenvalue weighted by atomic mass is 10.4. The third-order valence-corrected chi connectivity index (χ3v) is 1.33. The van der Waals surface area contributed by atoms with E-state index >= 15 is 0 Å². The Bertz CT molecular complexity index is 318. The van der Waals surface area contributed by atoms with Gasteiger partial charge in [0.1, 0.15) is 11.8 Å². The van der Waals surface area contributed by atoms with Gasteiger partial charge in [-0.1, -0.05) is 0 Å². The van der Waals surface area contributed by atoms with Crippen molar-refractivity contribution in [1.29, 1.82) is 5.26 Å². The van der Waals surface area contributed by atoms with E-state index < -0.39 is 6.10 Å². The van der Waals surface area contributed by atoms with Gasteiger partial charge in [0, 0.05) is 12.7 Å². The van der Waals surface area contributed by atoms with E-state index in [1.165, 1.54) is 12.3 Å². The topological polar surface area (TPSA) is 81.8 Å². The first-order valence-electron chi connectivity index (χ1n) is 3.87. The monoisotopic (exact) mass is 178 g/mol. The molecule has 0 bridgehead atoms. The minimum Gasteiger partial charge on any atom is -0.392 e. The summed E-state index contributed by atoms with van der Waals surface area (Å²) in [5.41, 5.74) is 0.308. The largest absolute Gasteiger partial charge is 0.392 e. The Morgan fingerprint density at radius 1 is 1.77 bits per heavy atom. The van der Waals surface area contributed by atoms with Gasteiger partial charge >= 0.3 is 0 Å². The summed E-state index contributed by atoms with van der Waals surface area (Å²) < 4.78 is 0. The van der Waals surface area contributed by atoms with Crippen LogP contribution >= 0.6 is 0 Å². The van der Waals surface area contributed by atoms with Gasteiger partial charge in [0.15, 0.2) is 0 Å². The molecule has 13 heavy (non-hydrogen) atoms.